The van der Waals surface area contributed by atoms with Gasteiger partial charge in [-0.25, -0.2) is 9.59 Å². The van der Waals surface area contributed by atoms with Crippen molar-refractivity contribution < 1.29 is 29.1 Å². The number of ether oxygens (including phenoxy) is 1. The minimum absolute atomic E-state index is 0.0912. The molecule has 1 heterocycles. The number of carbonyl (C=O) groups excluding carboxylic acids is 1. The van der Waals surface area contributed by atoms with Crippen molar-refractivity contribution in [3.63, 3.8) is 0 Å². The molecule has 0 aliphatic rings. The van der Waals surface area contributed by atoms with Gasteiger partial charge >= 0.3 is 12.1 Å². The van der Waals surface area contributed by atoms with Gasteiger partial charge in [0.15, 0.2) is 5.76 Å². The van der Waals surface area contributed by atoms with Gasteiger partial charge in [-0.05, 0) is 39.0 Å². The number of hydrogen-bond acceptors (Lipinski definition) is 6. The summed E-state index contributed by atoms with van der Waals surface area (Å²) in [6, 6.07) is 4.11. The molecule has 0 spiro atoms. The molecule has 8 nitrogen and oxygen atoms in total. The number of carboxylic acids is 1. The lowest BCUT2D eigenvalue weighted by molar-refractivity contribution is 0.0634. The highest BCUT2D eigenvalue weighted by Gasteiger charge is 2.21. The number of carboxylic acid groups (broad SMARTS) is 1. The molecule has 122 valence electrons. The summed E-state index contributed by atoms with van der Waals surface area (Å²) in [7, 11) is 0. The fraction of sp³-hybridized carbons (Fsp3) is 0.267. The zero-order valence-electron chi connectivity index (χ0n) is 12.8. The highest BCUT2D eigenvalue weighted by Crippen LogP contribution is 2.34. The third-order valence-corrected chi connectivity index (χ3v) is 2.69. The van der Waals surface area contributed by atoms with Gasteiger partial charge in [-0.2, -0.15) is 0 Å². The van der Waals surface area contributed by atoms with Crippen molar-refractivity contribution >= 4 is 17.7 Å². The van der Waals surface area contributed by atoms with Crippen LogP contribution in [0.3, 0.4) is 0 Å². The number of hydrogen-bond donors (Lipinski definition) is 3. The summed E-state index contributed by atoms with van der Waals surface area (Å²) < 4.78 is 10.0. The van der Waals surface area contributed by atoms with Crippen molar-refractivity contribution in [2.75, 3.05) is 5.32 Å². The van der Waals surface area contributed by atoms with E-state index >= 15 is 0 Å². The Kier molecular flexibility index (Phi) is 4.26. The standard InChI is InChI=1S/C15H16N2O6/c1-15(2,3)22-14(21)17-8-4-5-11(18)9(6-8)12-10(13(19)20)7-16-23-12/h4-7,18H,1-3H3,(H,17,21)(H,19,20). The third-order valence-electron chi connectivity index (χ3n) is 2.69. The monoisotopic (exact) mass is 320 g/mol. The number of aromatic hydroxyl groups is 1. The Morgan fingerprint density at radius 1 is 1.30 bits per heavy atom. The average molecular weight is 320 g/mol. The first-order valence-electron chi connectivity index (χ1n) is 6.69. The maximum absolute atomic E-state index is 11.8. The molecule has 1 aromatic carbocycles. The first-order chi connectivity index (χ1) is 10.7. The smallest absolute Gasteiger partial charge is 0.412 e. The lowest BCUT2D eigenvalue weighted by Gasteiger charge is -2.19. The van der Waals surface area contributed by atoms with Crippen molar-refractivity contribution in [3.05, 3.63) is 30.0 Å². The van der Waals surface area contributed by atoms with Gasteiger partial charge in [0.25, 0.3) is 0 Å². The largest absolute Gasteiger partial charge is 0.507 e. The molecule has 0 fully saturated rings. The molecule has 0 saturated carbocycles. The molecule has 0 unspecified atom stereocenters. The molecule has 0 radical (unpaired) electrons. The Labute approximate surface area is 131 Å². The van der Waals surface area contributed by atoms with E-state index < -0.39 is 17.7 Å². The molecule has 0 atom stereocenters. The molecule has 0 bridgehead atoms. The Balaban J connectivity index is 2.31. The number of anilines is 1. The van der Waals surface area contributed by atoms with Crippen molar-refractivity contribution in [3.8, 4) is 17.1 Å². The lowest BCUT2D eigenvalue weighted by atomic mass is 10.1. The summed E-state index contributed by atoms with van der Waals surface area (Å²) in [4.78, 5) is 22.9. The summed E-state index contributed by atoms with van der Waals surface area (Å²) >= 11 is 0. The average Bonchev–Trinajstić information content (AvgIpc) is 2.88. The van der Waals surface area contributed by atoms with Gasteiger partial charge in [0, 0.05) is 5.69 Å². The van der Waals surface area contributed by atoms with E-state index in [1.165, 1.54) is 18.2 Å². The topological polar surface area (TPSA) is 122 Å². The maximum Gasteiger partial charge on any atom is 0.412 e. The summed E-state index contributed by atoms with van der Waals surface area (Å²) in [5.74, 6) is -1.56. The summed E-state index contributed by atoms with van der Waals surface area (Å²) in [6.07, 6.45) is 0.357. The van der Waals surface area contributed by atoms with E-state index in [0.29, 0.717) is 5.69 Å². The minimum atomic E-state index is -1.24. The maximum atomic E-state index is 11.8. The minimum Gasteiger partial charge on any atom is -0.507 e. The van der Waals surface area contributed by atoms with E-state index in [2.05, 4.69) is 10.5 Å². The SMILES string of the molecule is CC(C)(C)OC(=O)Nc1ccc(O)c(-c2oncc2C(=O)O)c1. The van der Waals surface area contributed by atoms with Gasteiger partial charge in [0.05, 0.1) is 11.8 Å². The summed E-state index contributed by atoms with van der Waals surface area (Å²) in [6.45, 7) is 5.17. The number of phenols is 1. The van der Waals surface area contributed by atoms with Crippen LogP contribution >= 0.6 is 0 Å². The Hall–Kier alpha value is -3.03. The number of carbonyl (C=O) groups is 2. The Bertz CT molecular complexity index is 745. The van der Waals surface area contributed by atoms with Gasteiger partial charge in [0.2, 0.25) is 0 Å². The number of benzene rings is 1. The number of nitrogens with zero attached hydrogens (tertiary/aromatic N) is 1. The van der Waals surface area contributed by atoms with Crippen LogP contribution in [-0.2, 0) is 4.74 Å². The predicted molar refractivity (Wildman–Crippen MR) is 80.4 cm³/mol. The number of nitrogens with one attached hydrogen (secondary N) is 1. The second-order valence-electron chi connectivity index (χ2n) is 5.73. The van der Waals surface area contributed by atoms with Crippen LogP contribution in [0.25, 0.3) is 11.3 Å². The van der Waals surface area contributed by atoms with Crippen molar-refractivity contribution in [2.45, 2.75) is 26.4 Å². The van der Waals surface area contributed by atoms with Gasteiger partial charge in [-0.15, -0.1) is 0 Å². The zero-order chi connectivity index (χ0) is 17.2. The molecule has 8 heteroatoms. The van der Waals surface area contributed by atoms with Crippen LogP contribution in [0.1, 0.15) is 31.1 Å². The summed E-state index contributed by atoms with van der Waals surface area (Å²) in [5, 5.41) is 24.9. The third kappa shape index (κ3) is 4.00. The molecule has 0 aliphatic heterocycles. The van der Waals surface area contributed by atoms with Crippen LogP contribution in [-0.4, -0.2) is 33.0 Å². The van der Waals surface area contributed by atoms with E-state index in [0.717, 1.165) is 6.20 Å². The lowest BCUT2D eigenvalue weighted by Crippen LogP contribution is -2.27. The van der Waals surface area contributed by atoms with Crippen molar-refractivity contribution in [1.82, 2.24) is 5.16 Å². The molecular formula is C15H16N2O6. The van der Waals surface area contributed by atoms with Crippen LogP contribution in [0.4, 0.5) is 10.5 Å². The van der Waals surface area contributed by atoms with Gasteiger partial charge in [-0.1, -0.05) is 5.16 Å². The van der Waals surface area contributed by atoms with Gasteiger partial charge in [-0.3, -0.25) is 5.32 Å². The van der Waals surface area contributed by atoms with E-state index in [1.807, 2.05) is 0 Å². The highest BCUT2D eigenvalue weighted by molar-refractivity contribution is 5.95. The second kappa shape index (κ2) is 5.99. The zero-order valence-corrected chi connectivity index (χ0v) is 12.8. The first-order valence-corrected chi connectivity index (χ1v) is 6.69. The number of rotatable bonds is 3. The van der Waals surface area contributed by atoms with E-state index in [-0.39, 0.29) is 22.6 Å². The van der Waals surface area contributed by atoms with Crippen LogP contribution in [0.5, 0.6) is 5.75 Å². The fourth-order valence-corrected chi connectivity index (χ4v) is 1.80. The van der Waals surface area contributed by atoms with Crippen LogP contribution in [0.15, 0.2) is 28.9 Å². The number of phenolic OH excluding ortho intramolecular Hbond substituents is 1. The van der Waals surface area contributed by atoms with Crippen molar-refractivity contribution in [1.29, 1.82) is 0 Å². The number of amides is 1. The molecule has 2 rings (SSSR count). The molecule has 1 aromatic heterocycles. The molecule has 23 heavy (non-hydrogen) atoms. The molecule has 0 saturated heterocycles. The van der Waals surface area contributed by atoms with Crippen LogP contribution in [0.2, 0.25) is 0 Å². The normalized spacial score (nSPS) is 11.1. The fourth-order valence-electron chi connectivity index (χ4n) is 1.80. The van der Waals surface area contributed by atoms with E-state index in [4.69, 9.17) is 14.4 Å². The van der Waals surface area contributed by atoms with E-state index in [1.54, 1.807) is 20.8 Å². The Morgan fingerprint density at radius 2 is 2.00 bits per heavy atom. The molecule has 1 amide bonds. The van der Waals surface area contributed by atoms with Crippen molar-refractivity contribution in [2.24, 2.45) is 0 Å². The highest BCUT2D eigenvalue weighted by atomic mass is 16.6. The van der Waals surface area contributed by atoms with Crippen LogP contribution in [0, 0.1) is 0 Å². The number of aromatic carboxylic acids is 1. The molecular weight excluding hydrogens is 304 g/mol. The van der Waals surface area contributed by atoms with Gasteiger partial charge in [0.1, 0.15) is 16.9 Å². The predicted octanol–water partition coefficient (Wildman–Crippen LogP) is 3.09. The molecule has 3 N–H and O–H groups in total. The quantitative estimate of drug-likeness (QED) is 0.743. The van der Waals surface area contributed by atoms with Gasteiger partial charge < -0.3 is 19.5 Å². The molecule has 0 aliphatic carbocycles. The first kappa shape index (κ1) is 16.3. The summed E-state index contributed by atoms with van der Waals surface area (Å²) in [5.41, 5.74) is -0.464. The second-order valence-corrected chi connectivity index (χ2v) is 5.73. The van der Waals surface area contributed by atoms with Crippen LogP contribution < -0.4 is 5.32 Å². The van der Waals surface area contributed by atoms with E-state index in [9.17, 15) is 14.7 Å². The number of aromatic nitrogens is 1. The Morgan fingerprint density at radius 3 is 2.61 bits per heavy atom. The molecule has 2 aromatic rings.